The van der Waals surface area contributed by atoms with Crippen LogP contribution >= 0.6 is 0 Å². The smallest absolute Gasteiger partial charge is 0.406 e. The van der Waals surface area contributed by atoms with Crippen LogP contribution in [0, 0.1) is 5.82 Å². The summed E-state index contributed by atoms with van der Waals surface area (Å²) in [6, 6.07) is 10.8. The van der Waals surface area contributed by atoms with Crippen molar-refractivity contribution < 1.29 is 31.9 Å². The molecule has 170 valence electrons. The Bertz CT molecular complexity index is 969. The van der Waals surface area contributed by atoms with Crippen LogP contribution < -0.4 is 10.1 Å². The first-order valence-corrected chi connectivity index (χ1v) is 9.78. The Balaban J connectivity index is 1.42. The SMILES string of the molecule is O=C(CN1CCN(C(=O)/C=C/c2cccc(F)c2)CC1)Nc1ccc(OC(F)(F)F)cc1. The molecule has 1 saturated heterocycles. The van der Waals surface area contributed by atoms with Gasteiger partial charge in [0.2, 0.25) is 11.8 Å². The predicted molar refractivity (Wildman–Crippen MR) is 110 cm³/mol. The Kier molecular flexibility index (Phi) is 7.47. The van der Waals surface area contributed by atoms with Crippen molar-refractivity contribution in [3.63, 3.8) is 0 Å². The van der Waals surface area contributed by atoms with Crippen molar-refractivity contribution in [2.45, 2.75) is 6.36 Å². The summed E-state index contributed by atoms with van der Waals surface area (Å²) >= 11 is 0. The number of amides is 2. The van der Waals surface area contributed by atoms with Crippen LogP contribution in [0.15, 0.2) is 54.6 Å². The number of carbonyl (C=O) groups excluding carboxylic acids is 2. The number of benzene rings is 2. The van der Waals surface area contributed by atoms with Crippen molar-refractivity contribution in [1.82, 2.24) is 9.80 Å². The third kappa shape index (κ3) is 7.38. The summed E-state index contributed by atoms with van der Waals surface area (Å²) < 4.78 is 53.5. The Labute approximate surface area is 182 Å². The Morgan fingerprint density at radius 2 is 1.72 bits per heavy atom. The maximum atomic E-state index is 13.2. The van der Waals surface area contributed by atoms with E-state index >= 15 is 0 Å². The third-order valence-corrected chi connectivity index (χ3v) is 4.69. The number of nitrogens with one attached hydrogen (secondary N) is 1. The van der Waals surface area contributed by atoms with E-state index in [2.05, 4.69) is 10.1 Å². The van der Waals surface area contributed by atoms with E-state index in [-0.39, 0.29) is 29.9 Å². The molecule has 2 aromatic rings. The zero-order chi connectivity index (χ0) is 23.1. The first-order valence-electron chi connectivity index (χ1n) is 9.78. The maximum Gasteiger partial charge on any atom is 0.573 e. The second-order valence-electron chi connectivity index (χ2n) is 7.11. The highest BCUT2D eigenvalue weighted by Crippen LogP contribution is 2.24. The van der Waals surface area contributed by atoms with Gasteiger partial charge in [0, 0.05) is 37.9 Å². The van der Waals surface area contributed by atoms with Crippen molar-refractivity contribution >= 4 is 23.6 Å². The molecule has 0 spiro atoms. The Morgan fingerprint density at radius 1 is 1.03 bits per heavy atom. The van der Waals surface area contributed by atoms with Gasteiger partial charge in [0.1, 0.15) is 11.6 Å². The van der Waals surface area contributed by atoms with E-state index in [1.165, 1.54) is 30.3 Å². The molecule has 1 heterocycles. The van der Waals surface area contributed by atoms with Crippen LogP contribution in [0.2, 0.25) is 0 Å². The van der Waals surface area contributed by atoms with E-state index in [4.69, 9.17) is 0 Å². The van der Waals surface area contributed by atoms with Gasteiger partial charge in [-0.25, -0.2) is 4.39 Å². The second kappa shape index (κ2) is 10.3. The molecule has 1 aliphatic rings. The Hall–Kier alpha value is -3.40. The van der Waals surface area contributed by atoms with E-state index in [1.54, 1.807) is 23.1 Å². The van der Waals surface area contributed by atoms with Crippen LogP contribution in [0.1, 0.15) is 5.56 Å². The molecule has 0 aromatic heterocycles. The highest BCUT2D eigenvalue weighted by atomic mass is 19.4. The zero-order valence-corrected chi connectivity index (χ0v) is 16.9. The molecule has 0 bridgehead atoms. The average molecular weight is 451 g/mol. The van der Waals surface area contributed by atoms with Crippen molar-refractivity contribution in [1.29, 1.82) is 0 Å². The molecule has 6 nitrogen and oxygen atoms in total. The molecule has 0 saturated carbocycles. The summed E-state index contributed by atoms with van der Waals surface area (Å²) in [4.78, 5) is 28.0. The van der Waals surface area contributed by atoms with E-state index < -0.39 is 6.36 Å². The molecule has 2 aromatic carbocycles. The fourth-order valence-electron chi connectivity index (χ4n) is 3.15. The van der Waals surface area contributed by atoms with Gasteiger partial charge in [-0.2, -0.15) is 0 Å². The quantitative estimate of drug-likeness (QED) is 0.540. The van der Waals surface area contributed by atoms with Crippen molar-refractivity contribution in [2.75, 3.05) is 38.0 Å². The molecule has 0 unspecified atom stereocenters. The normalized spacial score (nSPS) is 15.1. The topological polar surface area (TPSA) is 61.9 Å². The van der Waals surface area contributed by atoms with E-state index in [1.807, 2.05) is 4.90 Å². The van der Waals surface area contributed by atoms with E-state index in [0.29, 0.717) is 37.4 Å². The van der Waals surface area contributed by atoms with Gasteiger partial charge in [-0.05, 0) is 48.0 Å². The van der Waals surface area contributed by atoms with Crippen LogP contribution in [-0.4, -0.2) is 60.7 Å². The molecular weight excluding hydrogens is 430 g/mol. The molecule has 10 heteroatoms. The number of ether oxygens (including phenoxy) is 1. The standard InChI is InChI=1S/C22H21F4N3O3/c23-17-3-1-2-16(14-17)4-9-21(31)29-12-10-28(11-13-29)15-20(30)27-18-5-7-19(8-6-18)32-22(24,25)26/h1-9,14H,10-13,15H2,(H,27,30)/b9-4+. The lowest BCUT2D eigenvalue weighted by molar-refractivity contribution is -0.274. The predicted octanol–water partition coefficient (Wildman–Crippen LogP) is 3.52. The molecule has 32 heavy (non-hydrogen) atoms. The highest BCUT2D eigenvalue weighted by Gasteiger charge is 2.31. The van der Waals surface area contributed by atoms with E-state index in [0.717, 1.165) is 12.1 Å². The lowest BCUT2D eigenvalue weighted by Gasteiger charge is -2.33. The van der Waals surface area contributed by atoms with Gasteiger partial charge < -0.3 is 15.0 Å². The van der Waals surface area contributed by atoms with Crippen molar-refractivity contribution in [3.8, 4) is 5.75 Å². The molecule has 2 amide bonds. The van der Waals surface area contributed by atoms with Crippen LogP contribution in [0.3, 0.4) is 0 Å². The fourth-order valence-corrected chi connectivity index (χ4v) is 3.15. The monoisotopic (exact) mass is 451 g/mol. The van der Waals surface area contributed by atoms with Crippen molar-refractivity contribution in [3.05, 3.63) is 66.0 Å². The molecule has 1 fully saturated rings. The number of alkyl halides is 3. The zero-order valence-electron chi connectivity index (χ0n) is 16.9. The fraction of sp³-hybridized carbons (Fsp3) is 0.273. The van der Waals surface area contributed by atoms with Crippen LogP contribution in [-0.2, 0) is 9.59 Å². The number of anilines is 1. The molecular formula is C22H21F4N3O3. The molecule has 1 aliphatic heterocycles. The minimum Gasteiger partial charge on any atom is -0.406 e. The first kappa shape index (κ1) is 23.3. The summed E-state index contributed by atoms with van der Waals surface area (Å²) in [5.41, 5.74) is 0.937. The van der Waals surface area contributed by atoms with Gasteiger partial charge >= 0.3 is 6.36 Å². The lowest BCUT2D eigenvalue weighted by atomic mass is 10.2. The highest BCUT2D eigenvalue weighted by molar-refractivity contribution is 5.93. The first-order chi connectivity index (χ1) is 15.2. The maximum absolute atomic E-state index is 13.2. The summed E-state index contributed by atoms with van der Waals surface area (Å²) in [5, 5.41) is 2.62. The molecule has 1 N–H and O–H groups in total. The van der Waals surface area contributed by atoms with E-state index in [9.17, 15) is 27.2 Å². The number of rotatable bonds is 6. The van der Waals surface area contributed by atoms with Crippen LogP contribution in [0.4, 0.5) is 23.2 Å². The summed E-state index contributed by atoms with van der Waals surface area (Å²) in [6.45, 7) is 1.94. The number of piperazine rings is 1. The van der Waals surface area contributed by atoms with Gasteiger partial charge in [-0.15, -0.1) is 13.2 Å². The Morgan fingerprint density at radius 3 is 2.34 bits per heavy atom. The molecule has 0 aliphatic carbocycles. The number of halogens is 4. The number of hydrogen-bond donors (Lipinski definition) is 1. The summed E-state index contributed by atoms with van der Waals surface area (Å²) in [7, 11) is 0. The number of carbonyl (C=O) groups is 2. The minimum absolute atomic E-state index is 0.0853. The number of hydrogen-bond acceptors (Lipinski definition) is 4. The summed E-state index contributed by atoms with van der Waals surface area (Å²) in [6.07, 6.45) is -1.83. The lowest BCUT2D eigenvalue weighted by Crippen LogP contribution is -2.50. The molecule has 0 radical (unpaired) electrons. The van der Waals surface area contributed by atoms with Gasteiger partial charge in [-0.1, -0.05) is 12.1 Å². The second-order valence-corrected chi connectivity index (χ2v) is 7.11. The van der Waals surface area contributed by atoms with Crippen molar-refractivity contribution in [2.24, 2.45) is 0 Å². The van der Waals surface area contributed by atoms with Gasteiger partial charge in [0.05, 0.1) is 6.54 Å². The molecule has 3 rings (SSSR count). The van der Waals surface area contributed by atoms with Crippen LogP contribution in [0.25, 0.3) is 6.08 Å². The van der Waals surface area contributed by atoms with Crippen LogP contribution in [0.5, 0.6) is 5.75 Å². The largest absolute Gasteiger partial charge is 0.573 e. The van der Waals surface area contributed by atoms with Gasteiger partial charge in [0.15, 0.2) is 0 Å². The van der Waals surface area contributed by atoms with Gasteiger partial charge in [0.25, 0.3) is 0 Å². The number of nitrogens with zero attached hydrogens (tertiary/aromatic N) is 2. The average Bonchev–Trinajstić information content (AvgIpc) is 2.73. The minimum atomic E-state index is -4.77. The third-order valence-electron chi connectivity index (χ3n) is 4.69. The summed E-state index contributed by atoms with van der Waals surface area (Å²) in [5.74, 6) is -1.26. The molecule has 0 atom stereocenters. The van der Waals surface area contributed by atoms with Gasteiger partial charge in [-0.3, -0.25) is 14.5 Å².